The lowest BCUT2D eigenvalue weighted by Gasteiger charge is -2.04. The Bertz CT molecular complexity index is 1080. The van der Waals surface area contributed by atoms with E-state index in [1.807, 2.05) is 0 Å². The molecule has 2 aromatic carbocycles. The first-order chi connectivity index (χ1) is 13.9. The standard InChI is InChI=1S/C19H18FN3O5S/c1-27-15-6-8-16(9-7-15)29(25,26)11-10-17-22-19(28-23-17)18(24)21-12-13-2-4-14(20)5-3-13/h2-9H,10-12H2,1H3,(H,21,24). The van der Waals surface area contributed by atoms with Crippen molar-refractivity contribution in [3.63, 3.8) is 0 Å². The van der Waals surface area contributed by atoms with Crippen LogP contribution in [0.25, 0.3) is 0 Å². The molecule has 0 spiro atoms. The third kappa shape index (κ3) is 5.38. The summed E-state index contributed by atoms with van der Waals surface area (Å²) in [7, 11) is -2.06. The van der Waals surface area contributed by atoms with Crippen LogP contribution >= 0.6 is 0 Å². The van der Waals surface area contributed by atoms with Gasteiger partial charge >= 0.3 is 11.8 Å². The summed E-state index contributed by atoms with van der Waals surface area (Å²) in [5.41, 5.74) is 0.699. The smallest absolute Gasteiger partial charge is 0.315 e. The molecular formula is C19H18FN3O5S. The second-order valence-electron chi connectivity index (χ2n) is 6.07. The van der Waals surface area contributed by atoms with Gasteiger partial charge in [0.2, 0.25) is 0 Å². The Hall–Kier alpha value is -3.27. The Morgan fingerprint density at radius 1 is 1.14 bits per heavy atom. The zero-order chi connectivity index (χ0) is 20.9. The fourth-order valence-corrected chi connectivity index (χ4v) is 3.67. The van der Waals surface area contributed by atoms with Gasteiger partial charge in [0.15, 0.2) is 15.7 Å². The lowest BCUT2D eigenvalue weighted by Crippen LogP contribution is -2.23. The molecule has 0 unspecified atom stereocenters. The van der Waals surface area contributed by atoms with Gasteiger partial charge in [-0.1, -0.05) is 17.3 Å². The van der Waals surface area contributed by atoms with Crippen LogP contribution in [0.4, 0.5) is 4.39 Å². The van der Waals surface area contributed by atoms with Crippen molar-refractivity contribution >= 4 is 15.7 Å². The van der Waals surface area contributed by atoms with Crippen LogP contribution in [0.2, 0.25) is 0 Å². The molecule has 0 saturated heterocycles. The van der Waals surface area contributed by atoms with Crippen molar-refractivity contribution in [3.8, 4) is 5.75 Å². The molecule has 3 rings (SSSR count). The molecule has 0 saturated carbocycles. The highest BCUT2D eigenvalue weighted by molar-refractivity contribution is 7.91. The number of nitrogens with zero attached hydrogens (tertiary/aromatic N) is 2. The van der Waals surface area contributed by atoms with Crippen LogP contribution in [-0.2, 0) is 22.8 Å². The van der Waals surface area contributed by atoms with Crippen molar-refractivity contribution in [2.24, 2.45) is 0 Å². The number of nitrogens with one attached hydrogen (secondary N) is 1. The van der Waals surface area contributed by atoms with Crippen LogP contribution in [0.1, 0.15) is 22.1 Å². The number of hydrogen-bond acceptors (Lipinski definition) is 7. The number of sulfone groups is 1. The molecule has 0 atom stereocenters. The average Bonchev–Trinajstić information content (AvgIpc) is 3.21. The predicted molar refractivity (Wildman–Crippen MR) is 101 cm³/mol. The van der Waals surface area contributed by atoms with E-state index in [1.54, 1.807) is 24.3 Å². The molecule has 0 radical (unpaired) electrons. The van der Waals surface area contributed by atoms with E-state index in [0.29, 0.717) is 11.3 Å². The summed E-state index contributed by atoms with van der Waals surface area (Å²) in [6.45, 7) is 0.155. The predicted octanol–water partition coefficient (Wildman–Crippen LogP) is 2.16. The lowest BCUT2D eigenvalue weighted by atomic mass is 10.2. The van der Waals surface area contributed by atoms with Gasteiger partial charge in [0.1, 0.15) is 11.6 Å². The molecule has 0 bridgehead atoms. The average molecular weight is 419 g/mol. The summed E-state index contributed by atoms with van der Waals surface area (Å²) in [6.07, 6.45) is -0.0108. The van der Waals surface area contributed by atoms with Gasteiger partial charge in [0.05, 0.1) is 17.8 Å². The lowest BCUT2D eigenvalue weighted by molar-refractivity contribution is 0.0907. The molecule has 8 nitrogen and oxygen atoms in total. The largest absolute Gasteiger partial charge is 0.497 e. The van der Waals surface area contributed by atoms with Gasteiger partial charge in [-0.15, -0.1) is 0 Å². The van der Waals surface area contributed by atoms with E-state index in [-0.39, 0.29) is 41.1 Å². The number of methoxy groups -OCH3 is 1. The molecule has 1 amide bonds. The van der Waals surface area contributed by atoms with E-state index in [9.17, 15) is 17.6 Å². The van der Waals surface area contributed by atoms with Crippen LogP contribution in [0, 0.1) is 5.82 Å². The van der Waals surface area contributed by atoms with E-state index in [0.717, 1.165) is 0 Å². The quantitative estimate of drug-likeness (QED) is 0.595. The van der Waals surface area contributed by atoms with Gasteiger partial charge < -0.3 is 14.6 Å². The molecule has 1 aromatic heterocycles. The molecule has 0 aliphatic heterocycles. The molecular weight excluding hydrogens is 401 g/mol. The van der Waals surface area contributed by atoms with Crippen molar-refractivity contribution in [3.05, 3.63) is 71.6 Å². The fourth-order valence-electron chi connectivity index (χ4n) is 2.43. The van der Waals surface area contributed by atoms with Gasteiger partial charge in [0, 0.05) is 13.0 Å². The topological polar surface area (TPSA) is 111 Å². The number of carbonyl (C=O) groups excluding carboxylic acids is 1. The molecule has 10 heteroatoms. The highest BCUT2D eigenvalue weighted by atomic mass is 32.2. The molecule has 152 valence electrons. The monoisotopic (exact) mass is 419 g/mol. The molecule has 0 fully saturated rings. The van der Waals surface area contributed by atoms with Crippen molar-refractivity contribution in [2.45, 2.75) is 17.9 Å². The highest BCUT2D eigenvalue weighted by Crippen LogP contribution is 2.17. The summed E-state index contributed by atoms with van der Waals surface area (Å²) in [6, 6.07) is 11.7. The maximum absolute atomic E-state index is 12.9. The first-order valence-corrected chi connectivity index (χ1v) is 10.2. The van der Waals surface area contributed by atoms with Crippen molar-refractivity contribution in [1.82, 2.24) is 15.5 Å². The third-order valence-electron chi connectivity index (χ3n) is 4.04. The Morgan fingerprint density at radius 3 is 2.48 bits per heavy atom. The summed E-state index contributed by atoms with van der Waals surface area (Å²) >= 11 is 0. The Morgan fingerprint density at radius 2 is 1.83 bits per heavy atom. The van der Waals surface area contributed by atoms with E-state index < -0.39 is 15.7 Å². The number of benzene rings is 2. The van der Waals surface area contributed by atoms with E-state index in [4.69, 9.17) is 9.26 Å². The van der Waals surface area contributed by atoms with Crippen molar-refractivity contribution < 1.29 is 26.9 Å². The zero-order valence-electron chi connectivity index (χ0n) is 15.5. The zero-order valence-corrected chi connectivity index (χ0v) is 16.3. The summed E-state index contributed by atoms with van der Waals surface area (Å²) in [5.74, 6) is -0.830. The number of aromatic nitrogens is 2. The SMILES string of the molecule is COc1ccc(S(=O)(=O)CCc2noc(C(=O)NCc3ccc(F)cc3)n2)cc1. The van der Waals surface area contributed by atoms with Crippen molar-refractivity contribution in [1.29, 1.82) is 0 Å². The summed E-state index contributed by atoms with van der Waals surface area (Å²) in [4.78, 5) is 16.1. The molecule has 3 aromatic rings. The first kappa shape index (κ1) is 20.5. The maximum atomic E-state index is 12.9. The van der Waals surface area contributed by atoms with Gasteiger partial charge in [-0.25, -0.2) is 12.8 Å². The number of aryl methyl sites for hydroxylation is 1. The van der Waals surface area contributed by atoms with Crippen LogP contribution in [0.15, 0.2) is 57.9 Å². The summed E-state index contributed by atoms with van der Waals surface area (Å²) in [5, 5.41) is 6.22. The van der Waals surface area contributed by atoms with Gasteiger partial charge in [-0.3, -0.25) is 4.79 Å². The van der Waals surface area contributed by atoms with Crippen LogP contribution in [-0.4, -0.2) is 37.3 Å². The van der Waals surface area contributed by atoms with E-state index in [2.05, 4.69) is 15.5 Å². The minimum Gasteiger partial charge on any atom is -0.497 e. The highest BCUT2D eigenvalue weighted by Gasteiger charge is 2.19. The third-order valence-corrected chi connectivity index (χ3v) is 5.77. The van der Waals surface area contributed by atoms with Crippen LogP contribution < -0.4 is 10.1 Å². The molecule has 29 heavy (non-hydrogen) atoms. The number of carbonyl (C=O) groups is 1. The van der Waals surface area contributed by atoms with Crippen LogP contribution in [0.5, 0.6) is 5.75 Å². The molecule has 0 aliphatic carbocycles. The molecule has 0 aliphatic rings. The Balaban J connectivity index is 1.56. The number of hydrogen-bond donors (Lipinski definition) is 1. The van der Waals surface area contributed by atoms with Crippen molar-refractivity contribution in [2.75, 3.05) is 12.9 Å². The molecule has 1 heterocycles. The van der Waals surface area contributed by atoms with Crippen LogP contribution in [0.3, 0.4) is 0 Å². The molecule has 1 N–H and O–H groups in total. The van der Waals surface area contributed by atoms with E-state index >= 15 is 0 Å². The number of rotatable bonds is 8. The van der Waals surface area contributed by atoms with E-state index in [1.165, 1.54) is 31.4 Å². The van der Waals surface area contributed by atoms with Gasteiger partial charge in [0.25, 0.3) is 0 Å². The Kier molecular flexibility index (Phi) is 6.23. The second kappa shape index (κ2) is 8.82. The number of ether oxygens (including phenoxy) is 1. The number of halogens is 1. The maximum Gasteiger partial charge on any atom is 0.315 e. The van der Waals surface area contributed by atoms with Gasteiger partial charge in [-0.05, 0) is 42.0 Å². The fraction of sp³-hybridized carbons (Fsp3) is 0.211. The first-order valence-electron chi connectivity index (χ1n) is 8.59. The minimum absolute atomic E-state index is 0.0108. The Labute approximate surface area is 166 Å². The number of amides is 1. The normalized spacial score (nSPS) is 11.2. The second-order valence-corrected chi connectivity index (χ2v) is 8.18. The van der Waals surface area contributed by atoms with Gasteiger partial charge in [-0.2, -0.15) is 4.98 Å². The summed E-state index contributed by atoms with van der Waals surface area (Å²) < 4.78 is 47.6. The minimum atomic E-state index is -3.55.